The van der Waals surface area contributed by atoms with Crippen LogP contribution in [0.4, 0.5) is 0 Å². The van der Waals surface area contributed by atoms with Gasteiger partial charge in [0.1, 0.15) is 5.69 Å². The van der Waals surface area contributed by atoms with Crippen LogP contribution in [0.15, 0.2) is 41.6 Å². The maximum absolute atomic E-state index is 12.6. The van der Waals surface area contributed by atoms with Crippen LogP contribution >= 0.6 is 7.60 Å². The molecule has 2 heterocycles. The van der Waals surface area contributed by atoms with Gasteiger partial charge in [-0.15, -0.1) is 5.10 Å². The molecule has 0 saturated carbocycles. The topological polar surface area (TPSA) is 101 Å². The van der Waals surface area contributed by atoms with Gasteiger partial charge in [-0.1, -0.05) is 17.3 Å². The van der Waals surface area contributed by atoms with Gasteiger partial charge in [0.15, 0.2) is 0 Å². The van der Waals surface area contributed by atoms with E-state index in [0.717, 1.165) is 0 Å². The van der Waals surface area contributed by atoms with Gasteiger partial charge in [0.05, 0.1) is 49.3 Å². The summed E-state index contributed by atoms with van der Waals surface area (Å²) in [6.45, 7) is 5.09. The van der Waals surface area contributed by atoms with Gasteiger partial charge in [0.2, 0.25) is 0 Å². The van der Waals surface area contributed by atoms with E-state index >= 15 is 0 Å². The van der Waals surface area contributed by atoms with Crippen LogP contribution in [0.3, 0.4) is 0 Å². The monoisotopic (exact) mass is 405 g/mol. The quantitative estimate of drug-likeness (QED) is 0.478. The molecule has 0 fully saturated rings. The summed E-state index contributed by atoms with van der Waals surface area (Å²) in [5, 5.41) is 8.76. The van der Waals surface area contributed by atoms with E-state index in [1.165, 1.54) is 10.9 Å². The smallest absolute Gasteiger partial charge is 0.309 e. The van der Waals surface area contributed by atoms with Crippen LogP contribution in [0.2, 0.25) is 0 Å². The number of nitrogens with zero attached hydrogens (tertiary/aromatic N) is 5. The normalized spacial score (nSPS) is 11.9. The van der Waals surface area contributed by atoms with E-state index in [1.54, 1.807) is 36.9 Å². The van der Waals surface area contributed by atoms with Crippen LogP contribution < -0.4 is 5.56 Å². The molecule has 2 aromatic heterocycles. The Kier molecular flexibility index (Phi) is 6.72. The van der Waals surface area contributed by atoms with E-state index in [1.807, 2.05) is 12.1 Å². The first-order valence-electron chi connectivity index (χ1n) is 9.26. The Morgan fingerprint density at radius 2 is 1.89 bits per heavy atom. The summed E-state index contributed by atoms with van der Waals surface area (Å²) < 4.78 is 26.2. The molecule has 0 radical (unpaired) electrons. The van der Waals surface area contributed by atoms with Crippen molar-refractivity contribution in [1.82, 2.24) is 24.5 Å². The molecule has 0 aliphatic carbocycles. The average molecular weight is 405 g/mol. The number of fused-ring (bicyclic) bond motifs is 1. The summed E-state index contributed by atoms with van der Waals surface area (Å²) in [5.74, 6) is 0. The summed E-state index contributed by atoms with van der Waals surface area (Å²) in [5.41, 5.74) is 1.20. The number of para-hydroxylation sites is 1. The number of aromatic nitrogens is 5. The lowest BCUT2D eigenvalue weighted by molar-refractivity contribution is 0.219. The molecule has 0 saturated heterocycles. The zero-order valence-corrected chi connectivity index (χ0v) is 16.9. The fraction of sp³-hybridized carbons (Fsp3) is 0.444. The van der Waals surface area contributed by atoms with Gasteiger partial charge in [-0.25, -0.2) is 4.98 Å². The number of hydrogen-bond donors (Lipinski definition) is 0. The van der Waals surface area contributed by atoms with Crippen molar-refractivity contribution >= 4 is 18.5 Å². The van der Waals surface area contributed by atoms with Gasteiger partial charge in [-0.05, 0) is 32.4 Å². The highest BCUT2D eigenvalue weighted by atomic mass is 31.2. The van der Waals surface area contributed by atoms with Crippen molar-refractivity contribution in [1.29, 1.82) is 0 Å². The number of aryl methyl sites for hydroxylation is 1. The Bertz CT molecular complexity index is 1020. The molecule has 0 atom stereocenters. The predicted octanol–water partition coefficient (Wildman–Crippen LogP) is 2.69. The van der Waals surface area contributed by atoms with E-state index in [2.05, 4.69) is 15.3 Å². The lowest BCUT2D eigenvalue weighted by Crippen LogP contribution is -2.21. The van der Waals surface area contributed by atoms with Gasteiger partial charge in [0, 0.05) is 6.54 Å². The second-order valence-electron chi connectivity index (χ2n) is 6.19. The standard InChI is InChI=1S/C18H24N5O4P/c1-3-26-28(25,27-4-2)11-7-10-23-13-15(20-21-23)12-22-14-19-17-9-6-5-8-16(17)18(22)24/h5-6,8-9,13-14H,3-4,7,10-12H2,1-2H3. The lowest BCUT2D eigenvalue weighted by Gasteiger charge is -2.16. The molecule has 0 N–H and O–H groups in total. The van der Waals surface area contributed by atoms with Crippen LogP contribution in [0, 0.1) is 0 Å². The van der Waals surface area contributed by atoms with Crippen LogP contribution in [-0.2, 0) is 26.7 Å². The molecular formula is C18H24N5O4P. The highest BCUT2D eigenvalue weighted by Crippen LogP contribution is 2.48. The van der Waals surface area contributed by atoms with Gasteiger partial charge < -0.3 is 9.05 Å². The molecule has 10 heteroatoms. The zero-order chi connectivity index (χ0) is 20.0. The van der Waals surface area contributed by atoms with Crippen molar-refractivity contribution in [3.05, 3.63) is 52.8 Å². The molecule has 28 heavy (non-hydrogen) atoms. The van der Waals surface area contributed by atoms with Crippen LogP contribution in [0.25, 0.3) is 10.9 Å². The molecule has 150 valence electrons. The minimum absolute atomic E-state index is 0.116. The summed E-state index contributed by atoms with van der Waals surface area (Å²) in [7, 11) is -3.05. The van der Waals surface area contributed by atoms with Crippen molar-refractivity contribution in [2.24, 2.45) is 0 Å². The van der Waals surface area contributed by atoms with E-state index < -0.39 is 7.60 Å². The molecule has 0 aliphatic rings. The summed E-state index contributed by atoms with van der Waals surface area (Å²) in [6.07, 6.45) is 4.19. The average Bonchev–Trinajstić information content (AvgIpc) is 3.12. The Balaban J connectivity index is 1.62. The molecule has 0 aliphatic heterocycles. The SMILES string of the molecule is CCOP(=O)(CCCn1cc(Cn2cnc3ccccc3c2=O)nn1)OCC. The Labute approximate surface area is 162 Å². The third-order valence-electron chi connectivity index (χ3n) is 4.12. The zero-order valence-electron chi connectivity index (χ0n) is 16.0. The van der Waals surface area contributed by atoms with Gasteiger partial charge in [-0.2, -0.15) is 0 Å². The summed E-state index contributed by atoms with van der Waals surface area (Å²) in [4.78, 5) is 16.9. The van der Waals surface area contributed by atoms with Crippen molar-refractivity contribution in [2.75, 3.05) is 19.4 Å². The molecule has 0 bridgehead atoms. The first kappa shape index (κ1) is 20.4. The minimum atomic E-state index is -3.05. The third kappa shape index (κ3) is 4.92. The van der Waals surface area contributed by atoms with Crippen LogP contribution in [0.5, 0.6) is 0 Å². The summed E-state index contributed by atoms with van der Waals surface area (Å²) >= 11 is 0. The fourth-order valence-electron chi connectivity index (χ4n) is 2.90. The first-order chi connectivity index (χ1) is 13.5. The molecule has 9 nitrogen and oxygen atoms in total. The second-order valence-corrected chi connectivity index (χ2v) is 8.38. The van der Waals surface area contributed by atoms with Crippen LogP contribution in [0.1, 0.15) is 26.0 Å². The minimum Gasteiger partial charge on any atom is -0.309 e. The van der Waals surface area contributed by atoms with E-state index in [4.69, 9.17) is 9.05 Å². The molecule has 0 amide bonds. The number of benzene rings is 1. The van der Waals surface area contributed by atoms with Gasteiger partial charge in [-0.3, -0.25) is 18.6 Å². The number of rotatable bonds is 10. The fourth-order valence-corrected chi connectivity index (χ4v) is 4.55. The molecule has 1 aromatic carbocycles. The third-order valence-corrected chi connectivity index (χ3v) is 6.29. The van der Waals surface area contributed by atoms with E-state index in [9.17, 15) is 9.36 Å². The Morgan fingerprint density at radius 3 is 2.64 bits per heavy atom. The maximum atomic E-state index is 12.6. The highest BCUT2D eigenvalue weighted by molar-refractivity contribution is 7.53. The lowest BCUT2D eigenvalue weighted by atomic mass is 10.2. The molecule has 3 rings (SSSR count). The van der Waals surface area contributed by atoms with Crippen molar-refractivity contribution in [2.45, 2.75) is 33.4 Å². The second kappa shape index (κ2) is 9.23. The van der Waals surface area contributed by atoms with E-state index in [0.29, 0.717) is 48.9 Å². The van der Waals surface area contributed by atoms with Crippen molar-refractivity contribution < 1.29 is 13.6 Å². The Morgan fingerprint density at radius 1 is 1.14 bits per heavy atom. The van der Waals surface area contributed by atoms with Gasteiger partial charge in [0.25, 0.3) is 5.56 Å². The highest BCUT2D eigenvalue weighted by Gasteiger charge is 2.22. The van der Waals surface area contributed by atoms with Crippen LogP contribution in [-0.4, -0.2) is 43.9 Å². The predicted molar refractivity (Wildman–Crippen MR) is 105 cm³/mol. The molecule has 3 aromatic rings. The van der Waals surface area contributed by atoms with Gasteiger partial charge >= 0.3 is 7.60 Å². The molecular weight excluding hydrogens is 381 g/mol. The maximum Gasteiger partial charge on any atom is 0.330 e. The summed E-state index contributed by atoms with van der Waals surface area (Å²) in [6, 6.07) is 7.23. The molecule has 0 spiro atoms. The van der Waals surface area contributed by atoms with Crippen molar-refractivity contribution in [3.63, 3.8) is 0 Å². The largest absolute Gasteiger partial charge is 0.330 e. The first-order valence-corrected chi connectivity index (χ1v) is 11.0. The number of hydrogen-bond acceptors (Lipinski definition) is 7. The molecule has 0 unspecified atom stereocenters. The van der Waals surface area contributed by atoms with E-state index in [-0.39, 0.29) is 12.1 Å². The Hall–Kier alpha value is -2.35. The van der Waals surface area contributed by atoms with Crippen molar-refractivity contribution in [3.8, 4) is 0 Å².